The van der Waals surface area contributed by atoms with E-state index in [1.807, 2.05) is 0 Å². The Kier molecular flexibility index (Phi) is 8.43. The van der Waals surface area contributed by atoms with Crippen molar-refractivity contribution in [2.45, 2.75) is 96.1 Å². The van der Waals surface area contributed by atoms with Crippen LogP contribution in [0, 0.1) is 0 Å². The number of hydrogen-bond donors (Lipinski definition) is 0. The van der Waals surface area contributed by atoms with Crippen molar-refractivity contribution in [2.75, 3.05) is 19.8 Å². The molecule has 2 aliphatic heterocycles. The summed E-state index contributed by atoms with van der Waals surface area (Å²) in [5.41, 5.74) is 0.922. The van der Waals surface area contributed by atoms with E-state index >= 15 is 0 Å². The molecule has 1 aliphatic carbocycles. The summed E-state index contributed by atoms with van der Waals surface area (Å²) in [6.07, 6.45) is 13.0. The van der Waals surface area contributed by atoms with Crippen molar-refractivity contribution >= 4 is 5.78 Å². The predicted octanol–water partition coefficient (Wildman–Crippen LogP) is 4.64. The van der Waals surface area contributed by atoms with E-state index in [-0.39, 0.29) is 18.4 Å². The third-order valence-corrected chi connectivity index (χ3v) is 5.43. The molecular weight excluding hydrogens is 332 g/mol. The Hall–Kier alpha value is -0.910. The van der Waals surface area contributed by atoms with Gasteiger partial charge in [-0.25, -0.2) is 0 Å². The summed E-state index contributed by atoms with van der Waals surface area (Å²) in [6.45, 7) is 2.39. The average Bonchev–Trinajstić information content (AvgIpc) is 3.02. The summed E-state index contributed by atoms with van der Waals surface area (Å²) in [5, 5.41) is 0. The van der Waals surface area contributed by atoms with Crippen LogP contribution in [0.2, 0.25) is 0 Å². The Morgan fingerprint density at radius 1 is 0.846 bits per heavy atom. The Balaban J connectivity index is 1.29. The molecule has 0 saturated carbocycles. The summed E-state index contributed by atoms with van der Waals surface area (Å²) < 4.78 is 23.0. The van der Waals surface area contributed by atoms with Crippen LogP contribution in [-0.4, -0.2) is 38.2 Å². The predicted molar refractivity (Wildman–Crippen MR) is 98.6 cm³/mol. The van der Waals surface area contributed by atoms with Crippen LogP contribution in [0.4, 0.5) is 0 Å². The zero-order valence-electron chi connectivity index (χ0n) is 16.0. The lowest BCUT2D eigenvalue weighted by Gasteiger charge is -2.24. The van der Waals surface area contributed by atoms with Crippen LogP contribution in [-0.2, 0) is 23.7 Å². The van der Waals surface area contributed by atoms with Gasteiger partial charge in [-0.2, -0.15) is 0 Å². The topological polar surface area (TPSA) is 54.0 Å². The molecule has 3 aliphatic rings. The van der Waals surface area contributed by atoms with Gasteiger partial charge in [0, 0.05) is 38.0 Å². The SMILES string of the molecule is O=C1CCC(OC2CCCCO2)=C1CCCCCCOC1CCCCO1. The fourth-order valence-electron chi connectivity index (χ4n) is 3.87. The Morgan fingerprint density at radius 3 is 2.31 bits per heavy atom. The molecule has 0 radical (unpaired) electrons. The Bertz CT molecular complexity index is 461. The van der Waals surface area contributed by atoms with Gasteiger partial charge >= 0.3 is 0 Å². The van der Waals surface area contributed by atoms with Crippen LogP contribution in [0.1, 0.15) is 83.5 Å². The molecule has 2 fully saturated rings. The summed E-state index contributed by atoms with van der Waals surface area (Å²) in [5.74, 6) is 1.17. The number of ketones is 1. The maximum absolute atomic E-state index is 12.2. The third-order valence-electron chi connectivity index (χ3n) is 5.43. The number of Topliss-reactive ketones (excluding diaryl/α,β-unsaturated/α-hetero) is 1. The molecule has 2 unspecified atom stereocenters. The van der Waals surface area contributed by atoms with Crippen LogP contribution in [0.3, 0.4) is 0 Å². The van der Waals surface area contributed by atoms with Crippen LogP contribution >= 0.6 is 0 Å². The minimum absolute atomic E-state index is 0.0201. The maximum Gasteiger partial charge on any atom is 0.199 e. The van der Waals surface area contributed by atoms with Crippen LogP contribution < -0.4 is 0 Å². The number of hydrogen-bond acceptors (Lipinski definition) is 5. The highest BCUT2D eigenvalue weighted by Crippen LogP contribution is 2.30. The lowest BCUT2D eigenvalue weighted by Crippen LogP contribution is -2.22. The zero-order chi connectivity index (χ0) is 18.0. The Labute approximate surface area is 157 Å². The standard InChI is InChI=1S/C21H34O5/c22-18-12-13-19(26-21-11-5-8-16-25-21)17(18)9-3-1-2-6-14-23-20-10-4-7-15-24-20/h20-21H,1-16H2. The molecule has 0 aromatic carbocycles. The lowest BCUT2D eigenvalue weighted by atomic mass is 10.0. The smallest absolute Gasteiger partial charge is 0.199 e. The minimum Gasteiger partial charge on any atom is -0.469 e. The molecular formula is C21H34O5. The molecule has 26 heavy (non-hydrogen) atoms. The van der Waals surface area contributed by atoms with E-state index in [1.54, 1.807) is 0 Å². The van der Waals surface area contributed by atoms with Crippen LogP contribution in [0.15, 0.2) is 11.3 Å². The molecule has 0 N–H and O–H groups in total. The van der Waals surface area contributed by atoms with E-state index in [9.17, 15) is 4.79 Å². The first kappa shape index (κ1) is 19.8. The van der Waals surface area contributed by atoms with Gasteiger partial charge in [-0.05, 0) is 51.4 Å². The van der Waals surface area contributed by atoms with Gasteiger partial charge in [0.2, 0.25) is 0 Å². The normalized spacial score (nSPS) is 27.2. The van der Waals surface area contributed by atoms with Crippen molar-refractivity contribution in [1.29, 1.82) is 0 Å². The van der Waals surface area contributed by atoms with Crippen molar-refractivity contribution in [3.8, 4) is 0 Å². The number of unbranched alkanes of at least 4 members (excludes halogenated alkanes) is 3. The molecule has 5 nitrogen and oxygen atoms in total. The van der Waals surface area contributed by atoms with Crippen molar-refractivity contribution in [3.05, 3.63) is 11.3 Å². The number of allylic oxidation sites excluding steroid dienone is 2. The fraction of sp³-hybridized carbons (Fsp3) is 0.857. The van der Waals surface area contributed by atoms with E-state index in [4.69, 9.17) is 18.9 Å². The molecule has 2 saturated heterocycles. The van der Waals surface area contributed by atoms with Gasteiger partial charge in [-0.1, -0.05) is 12.8 Å². The number of ether oxygens (including phenoxy) is 4. The number of rotatable bonds is 10. The molecule has 0 aromatic heterocycles. The fourth-order valence-corrected chi connectivity index (χ4v) is 3.87. The van der Waals surface area contributed by atoms with Crippen molar-refractivity contribution < 1.29 is 23.7 Å². The van der Waals surface area contributed by atoms with Gasteiger partial charge < -0.3 is 18.9 Å². The number of carbonyl (C=O) groups excluding carboxylic acids is 1. The summed E-state index contributed by atoms with van der Waals surface area (Å²) >= 11 is 0. The van der Waals surface area contributed by atoms with Crippen molar-refractivity contribution in [3.63, 3.8) is 0 Å². The second-order valence-corrected chi connectivity index (χ2v) is 7.57. The first-order chi connectivity index (χ1) is 12.8. The van der Waals surface area contributed by atoms with Gasteiger partial charge in [-0.15, -0.1) is 0 Å². The highest BCUT2D eigenvalue weighted by molar-refractivity contribution is 5.98. The van der Waals surface area contributed by atoms with E-state index in [0.29, 0.717) is 6.42 Å². The monoisotopic (exact) mass is 366 g/mol. The second-order valence-electron chi connectivity index (χ2n) is 7.57. The summed E-state index contributed by atoms with van der Waals surface area (Å²) in [4.78, 5) is 12.2. The first-order valence-electron chi connectivity index (χ1n) is 10.6. The van der Waals surface area contributed by atoms with Gasteiger partial charge in [0.05, 0.1) is 6.61 Å². The summed E-state index contributed by atoms with van der Waals surface area (Å²) in [7, 11) is 0. The van der Waals surface area contributed by atoms with Crippen molar-refractivity contribution in [1.82, 2.24) is 0 Å². The summed E-state index contributed by atoms with van der Waals surface area (Å²) in [6, 6.07) is 0. The molecule has 0 aromatic rings. The van der Waals surface area contributed by atoms with Gasteiger partial charge in [0.25, 0.3) is 0 Å². The zero-order valence-corrected chi connectivity index (χ0v) is 16.0. The second kappa shape index (κ2) is 11.1. The molecule has 148 valence electrons. The lowest BCUT2D eigenvalue weighted by molar-refractivity contribution is -0.162. The molecule has 0 amide bonds. The van der Waals surface area contributed by atoms with Gasteiger partial charge in [0.15, 0.2) is 18.4 Å². The molecule has 2 atom stereocenters. The van der Waals surface area contributed by atoms with Gasteiger partial charge in [0.1, 0.15) is 5.76 Å². The molecule has 2 heterocycles. The number of carbonyl (C=O) groups is 1. The van der Waals surface area contributed by atoms with Crippen LogP contribution in [0.5, 0.6) is 0 Å². The Morgan fingerprint density at radius 2 is 1.58 bits per heavy atom. The third kappa shape index (κ3) is 6.36. The van der Waals surface area contributed by atoms with E-state index in [0.717, 1.165) is 102 Å². The highest BCUT2D eigenvalue weighted by Gasteiger charge is 2.27. The molecule has 0 spiro atoms. The highest BCUT2D eigenvalue weighted by atomic mass is 16.7. The largest absolute Gasteiger partial charge is 0.469 e. The van der Waals surface area contributed by atoms with Crippen LogP contribution in [0.25, 0.3) is 0 Å². The molecule has 5 heteroatoms. The quantitative estimate of drug-likeness (QED) is 0.527. The first-order valence-corrected chi connectivity index (χ1v) is 10.6. The van der Waals surface area contributed by atoms with Gasteiger partial charge in [-0.3, -0.25) is 4.79 Å². The molecule has 0 bridgehead atoms. The maximum atomic E-state index is 12.2. The van der Waals surface area contributed by atoms with E-state index in [1.165, 1.54) is 6.42 Å². The minimum atomic E-state index is -0.140. The van der Waals surface area contributed by atoms with E-state index in [2.05, 4.69) is 0 Å². The molecule has 3 rings (SSSR count). The average molecular weight is 366 g/mol. The van der Waals surface area contributed by atoms with Crippen molar-refractivity contribution in [2.24, 2.45) is 0 Å². The van der Waals surface area contributed by atoms with E-state index < -0.39 is 0 Å².